The SMILES string of the molecule is O=C(Cc1ccc(Oc2ncnc3cc(OCCCN4CCOCC4)c4c(c23)OCCO4)cc1)Cc1cccc2ccccc12. The van der Waals surface area contributed by atoms with Crippen molar-refractivity contribution in [3.8, 4) is 28.9 Å². The zero-order valence-corrected chi connectivity index (χ0v) is 25.1. The van der Waals surface area contributed by atoms with Gasteiger partial charge in [0.25, 0.3) is 0 Å². The molecule has 9 nitrogen and oxygen atoms in total. The number of ketones is 1. The number of carbonyl (C=O) groups excluding carboxylic acids is 1. The molecule has 1 aromatic heterocycles. The highest BCUT2D eigenvalue weighted by molar-refractivity contribution is 5.94. The first-order valence-electron chi connectivity index (χ1n) is 15.5. The second kappa shape index (κ2) is 13.5. The minimum absolute atomic E-state index is 0.157. The molecule has 0 aliphatic carbocycles. The number of rotatable bonds is 11. The first-order valence-corrected chi connectivity index (χ1v) is 15.5. The number of carbonyl (C=O) groups is 1. The van der Waals surface area contributed by atoms with Crippen LogP contribution >= 0.6 is 0 Å². The van der Waals surface area contributed by atoms with Crippen LogP contribution in [0.25, 0.3) is 21.7 Å². The van der Waals surface area contributed by atoms with Crippen molar-refractivity contribution in [2.45, 2.75) is 19.3 Å². The van der Waals surface area contributed by atoms with E-state index in [2.05, 4.69) is 33.1 Å². The summed E-state index contributed by atoms with van der Waals surface area (Å²) in [5, 5.41) is 2.89. The molecule has 2 aliphatic rings. The third-order valence-corrected chi connectivity index (χ3v) is 8.13. The molecule has 1 saturated heterocycles. The van der Waals surface area contributed by atoms with Gasteiger partial charge in [-0.3, -0.25) is 9.69 Å². The lowest BCUT2D eigenvalue weighted by atomic mass is 9.98. The van der Waals surface area contributed by atoms with Gasteiger partial charge in [-0.1, -0.05) is 54.6 Å². The fraction of sp³-hybridized carbons (Fsp3) is 0.306. The predicted octanol–water partition coefficient (Wildman–Crippen LogP) is 5.80. The second-order valence-electron chi connectivity index (χ2n) is 11.2. The molecule has 2 aliphatic heterocycles. The Morgan fingerprint density at radius 1 is 0.844 bits per heavy atom. The first-order chi connectivity index (χ1) is 22.2. The van der Waals surface area contributed by atoms with Crippen LogP contribution in [0.3, 0.4) is 0 Å². The van der Waals surface area contributed by atoms with Crippen LogP contribution in [0, 0.1) is 0 Å². The minimum Gasteiger partial charge on any atom is -0.489 e. The van der Waals surface area contributed by atoms with Crippen molar-refractivity contribution in [3.63, 3.8) is 0 Å². The Hall–Kier alpha value is -4.73. The molecule has 3 heterocycles. The molecule has 230 valence electrons. The highest BCUT2D eigenvalue weighted by atomic mass is 16.6. The highest BCUT2D eigenvalue weighted by Gasteiger charge is 2.25. The van der Waals surface area contributed by atoms with Crippen molar-refractivity contribution in [3.05, 3.63) is 90.3 Å². The highest BCUT2D eigenvalue weighted by Crippen LogP contribution is 2.47. The number of morpholine rings is 1. The summed E-state index contributed by atoms with van der Waals surface area (Å²) in [7, 11) is 0. The van der Waals surface area contributed by atoms with Crippen LogP contribution < -0.4 is 18.9 Å². The molecule has 0 N–H and O–H groups in total. The number of ether oxygens (including phenoxy) is 5. The molecule has 45 heavy (non-hydrogen) atoms. The Morgan fingerprint density at radius 2 is 1.64 bits per heavy atom. The molecule has 5 aromatic rings. The van der Waals surface area contributed by atoms with Gasteiger partial charge < -0.3 is 23.7 Å². The summed E-state index contributed by atoms with van der Waals surface area (Å²) in [6, 6.07) is 23.6. The molecule has 0 radical (unpaired) electrons. The monoisotopic (exact) mass is 605 g/mol. The summed E-state index contributed by atoms with van der Waals surface area (Å²) in [6.45, 7) is 5.79. The number of nitrogens with zero attached hydrogens (tertiary/aromatic N) is 3. The molecule has 0 spiro atoms. The number of benzene rings is 4. The van der Waals surface area contributed by atoms with Crippen molar-refractivity contribution >= 4 is 27.5 Å². The summed E-state index contributed by atoms with van der Waals surface area (Å²) in [4.78, 5) is 24.3. The average Bonchev–Trinajstić information content (AvgIpc) is 3.08. The quantitative estimate of drug-likeness (QED) is 0.173. The van der Waals surface area contributed by atoms with Gasteiger partial charge in [0.15, 0.2) is 11.5 Å². The van der Waals surface area contributed by atoms with Gasteiger partial charge in [0.1, 0.15) is 36.5 Å². The summed E-state index contributed by atoms with van der Waals surface area (Å²) in [5.74, 6) is 2.77. The maximum absolute atomic E-state index is 13.0. The van der Waals surface area contributed by atoms with E-state index in [1.54, 1.807) is 0 Å². The molecule has 0 atom stereocenters. The van der Waals surface area contributed by atoms with Crippen LogP contribution in [0.15, 0.2) is 79.1 Å². The van der Waals surface area contributed by atoms with E-state index in [0.29, 0.717) is 72.4 Å². The van der Waals surface area contributed by atoms with Crippen LogP contribution in [0.2, 0.25) is 0 Å². The van der Waals surface area contributed by atoms with Gasteiger partial charge in [-0.15, -0.1) is 0 Å². The number of Topliss-reactive ketones (excluding diaryl/α,β-unsaturated/α-hetero) is 1. The summed E-state index contributed by atoms with van der Waals surface area (Å²) in [5.41, 5.74) is 2.61. The Balaban J connectivity index is 1.04. The van der Waals surface area contributed by atoms with E-state index in [9.17, 15) is 4.79 Å². The zero-order chi connectivity index (χ0) is 30.4. The zero-order valence-electron chi connectivity index (χ0n) is 25.1. The molecular formula is C36H35N3O6. The lowest BCUT2D eigenvalue weighted by Gasteiger charge is -2.26. The lowest BCUT2D eigenvalue weighted by Crippen LogP contribution is -2.37. The fourth-order valence-corrected chi connectivity index (χ4v) is 5.90. The van der Waals surface area contributed by atoms with Gasteiger partial charge in [0, 0.05) is 38.5 Å². The van der Waals surface area contributed by atoms with E-state index in [4.69, 9.17) is 23.7 Å². The maximum atomic E-state index is 13.0. The first kappa shape index (κ1) is 29.0. The van der Waals surface area contributed by atoms with Gasteiger partial charge in [0.05, 0.1) is 25.3 Å². The van der Waals surface area contributed by atoms with E-state index < -0.39 is 0 Å². The average molecular weight is 606 g/mol. The van der Waals surface area contributed by atoms with Crippen LogP contribution in [-0.2, 0) is 22.4 Å². The number of hydrogen-bond donors (Lipinski definition) is 0. The summed E-state index contributed by atoms with van der Waals surface area (Å²) >= 11 is 0. The normalized spacial score (nSPS) is 14.8. The number of aromatic nitrogens is 2. The fourth-order valence-electron chi connectivity index (χ4n) is 5.90. The van der Waals surface area contributed by atoms with Crippen molar-refractivity contribution in [1.82, 2.24) is 14.9 Å². The molecule has 4 aromatic carbocycles. The smallest absolute Gasteiger partial charge is 0.234 e. The van der Waals surface area contributed by atoms with E-state index in [-0.39, 0.29) is 5.78 Å². The van der Waals surface area contributed by atoms with E-state index >= 15 is 0 Å². The van der Waals surface area contributed by atoms with Gasteiger partial charge in [0.2, 0.25) is 11.6 Å². The number of hydrogen-bond acceptors (Lipinski definition) is 9. The summed E-state index contributed by atoms with van der Waals surface area (Å²) in [6.07, 6.45) is 3.08. The molecule has 7 rings (SSSR count). The lowest BCUT2D eigenvalue weighted by molar-refractivity contribution is -0.117. The second-order valence-corrected chi connectivity index (χ2v) is 11.2. The van der Waals surface area contributed by atoms with E-state index in [1.807, 2.05) is 54.6 Å². The Bertz CT molecular complexity index is 1800. The molecule has 0 bridgehead atoms. The predicted molar refractivity (Wildman–Crippen MR) is 171 cm³/mol. The van der Waals surface area contributed by atoms with Crippen LogP contribution in [-0.4, -0.2) is 73.3 Å². The van der Waals surface area contributed by atoms with Crippen molar-refractivity contribution in [1.29, 1.82) is 0 Å². The van der Waals surface area contributed by atoms with Crippen LogP contribution in [0.1, 0.15) is 17.5 Å². The van der Waals surface area contributed by atoms with Gasteiger partial charge in [-0.25, -0.2) is 9.97 Å². The molecule has 0 saturated carbocycles. The van der Waals surface area contributed by atoms with Crippen LogP contribution in [0.4, 0.5) is 0 Å². The standard InChI is InChI=1S/C36H35N3O6/c40-28(22-27-7-3-6-26-5-1-2-8-30(26)27)21-25-9-11-29(12-10-25)45-36-33-31(37-24-38-36)23-32(34-35(33)44-20-19-43-34)42-16-4-13-39-14-17-41-18-15-39/h1-3,5-12,23-24H,4,13-22H2. The molecule has 0 unspecified atom stereocenters. The van der Waals surface area contributed by atoms with Crippen LogP contribution in [0.5, 0.6) is 28.9 Å². The Morgan fingerprint density at radius 3 is 2.51 bits per heavy atom. The van der Waals surface area contributed by atoms with Gasteiger partial charge in [-0.05, 0) is 40.5 Å². The van der Waals surface area contributed by atoms with E-state index in [1.165, 1.54) is 6.33 Å². The third-order valence-electron chi connectivity index (χ3n) is 8.13. The van der Waals surface area contributed by atoms with Gasteiger partial charge >= 0.3 is 0 Å². The third kappa shape index (κ3) is 6.69. The van der Waals surface area contributed by atoms with E-state index in [0.717, 1.165) is 61.2 Å². The Kier molecular flexibility index (Phi) is 8.70. The largest absolute Gasteiger partial charge is 0.489 e. The molecular weight excluding hydrogens is 570 g/mol. The van der Waals surface area contributed by atoms with Crippen molar-refractivity contribution in [2.24, 2.45) is 0 Å². The van der Waals surface area contributed by atoms with Crippen molar-refractivity contribution < 1.29 is 28.5 Å². The van der Waals surface area contributed by atoms with Crippen molar-refractivity contribution in [2.75, 3.05) is 52.7 Å². The molecule has 1 fully saturated rings. The van der Waals surface area contributed by atoms with Gasteiger partial charge in [-0.2, -0.15) is 0 Å². The molecule has 0 amide bonds. The maximum Gasteiger partial charge on any atom is 0.234 e. The molecule has 9 heteroatoms. The number of fused-ring (bicyclic) bond motifs is 4. The topological polar surface area (TPSA) is 92.2 Å². The minimum atomic E-state index is 0.157. The Labute approximate surface area is 261 Å². The summed E-state index contributed by atoms with van der Waals surface area (Å²) < 4.78 is 29.9.